The first kappa shape index (κ1) is 14.0. The molecule has 0 radical (unpaired) electrons. The van der Waals surface area contributed by atoms with E-state index < -0.39 is 5.82 Å². The number of unbranched alkanes of at least 4 members (excludes halogenated alkanes) is 1. The van der Waals surface area contributed by atoms with Crippen LogP contribution >= 0.6 is 11.8 Å². The number of carbonyl (C=O) groups is 1. The Morgan fingerprint density at radius 3 is 2.88 bits per heavy atom. The smallest absolute Gasteiger partial charge is 0.254 e. The molecule has 0 unspecified atom stereocenters. The van der Waals surface area contributed by atoms with Crippen molar-refractivity contribution in [3.8, 4) is 0 Å². The third kappa shape index (κ3) is 4.77. The van der Waals surface area contributed by atoms with E-state index in [9.17, 15) is 9.18 Å². The average Bonchev–Trinajstić information content (AvgIpc) is 2.32. The number of halogens is 1. The van der Waals surface area contributed by atoms with Gasteiger partial charge in [-0.2, -0.15) is 11.8 Å². The fourth-order valence-corrected chi connectivity index (χ4v) is 1.97. The Hall–Kier alpha value is -1.03. The summed E-state index contributed by atoms with van der Waals surface area (Å²) < 4.78 is 13.4. The highest BCUT2D eigenvalue weighted by atomic mass is 32.2. The predicted octanol–water partition coefficient (Wildman–Crippen LogP) is 3.01. The van der Waals surface area contributed by atoms with E-state index in [1.54, 1.807) is 23.9 Å². The van der Waals surface area contributed by atoms with E-state index in [0.717, 1.165) is 24.2 Å². The molecule has 0 spiro atoms. The minimum atomic E-state index is -0.461. The Morgan fingerprint density at radius 2 is 2.18 bits per heavy atom. The quantitative estimate of drug-likeness (QED) is 0.792. The zero-order valence-electron chi connectivity index (χ0n) is 10.3. The highest BCUT2D eigenvalue weighted by Crippen LogP contribution is 2.09. The molecule has 0 aliphatic carbocycles. The second-order valence-electron chi connectivity index (χ2n) is 3.94. The van der Waals surface area contributed by atoms with Crippen molar-refractivity contribution in [2.75, 3.05) is 18.6 Å². The van der Waals surface area contributed by atoms with Crippen LogP contribution in [-0.4, -0.2) is 24.5 Å². The summed E-state index contributed by atoms with van der Waals surface area (Å²) in [7, 11) is 0. The molecule has 0 saturated heterocycles. The van der Waals surface area contributed by atoms with Crippen molar-refractivity contribution >= 4 is 17.7 Å². The van der Waals surface area contributed by atoms with Gasteiger partial charge >= 0.3 is 0 Å². The number of thioether (sulfide) groups is 1. The van der Waals surface area contributed by atoms with Crippen molar-refractivity contribution in [3.05, 3.63) is 35.1 Å². The second-order valence-corrected chi connectivity index (χ2v) is 4.92. The van der Waals surface area contributed by atoms with Crippen molar-refractivity contribution in [1.82, 2.24) is 5.32 Å². The summed E-state index contributed by atoms with van der Waals surface area (Å²) >= 11 is 1.79. The number of carbonyl (C=O) groups excluding carboxylic acids is 1. The van der Waals surface area contributed by atoms with Gasteiger partial charge in [0.2, 0.25) is 0 Å². The maximum atomic E-state index is 13.4. The zero-order valence-corrected chi connectivity index (χ0v) is 11.1. The van der Waals surface area contributed by atoms with Gasteiger partial charge in [0.25, 0.3) is 5.91 Å². The number of amides is 1. The molecule has 1 N–H and O–H groups in total. The Kier molecular flexibility index (Phi) is 6.05. The topological polar surface area (TPSA) is 29.1 Å². The molecule has 1 amide bonds. The van der Waals surface area contributed by atoms with Gasteiger partial charge in [0, 0.05) is 6.54 Å². The van der Waals surface area contributed by atoms with Gasteiger partial charge in [-0.15, -0.1) is 0 Å². The minimum Gasteiger partial charge on any atom is -0.352 e. The summed E-state index contributed by atoms with van der Waals surface area (Å²) in [6.45, 7) is 2.45. The van der Waals surface area contributed by atoms with E-state index in [1.807, 2.05) is 6.92 Å². The molecule has 1 aromatic rings. The predicted molar refractivity (Wildman–Crippen MR) is 71.1 cm³/mol. The van der Waals surface area contributed by atoms with Crippen LogP contribution in [0.15, 0.2) is 18.2 Å². The fourth-order valence-electron chi connectivity index (χ4n) is 1.48. The van der Waals surface area contributed by atoms with E-state index in [4.69, 9.17) is 0 Å². The highest BCUT2D eigenvalue weighted by molar-refractivity contribution is 7.98. The van der Waals surface area contributed by atoms with Crippen molar-refractivity contribution in [1.29, 1.82) is 0 Å². The van der Waals surface area contributed by atoms with E-state index in [0.29, 0.717) is 6.54 Å². The lowest BCUT2D eigenvalue weighted by Crippen LogP contribution is -2.25. The number of aryl methyl sites for hydroxylation is 1. The van der Waals surface area contributed by atoms with Crippen LogP contribution in [0.5, 0.6) is 0 Å². The fraction of sp³-hybridized carbons (Fsp3) is 0.462. The normalized spacial score (nSPS) is 10.3. The van der Waals surface area contributed by atoms with Gasteiger partial charge in [0.15, 0.2) is 0 Å². The number of hydrogen-bond acceptors (Lipinski definition) is 2. The second kappa shape index (κ2) is 7.33. The molecule has 94 valence electrons. The number of nitrogens with one attached hydrogen (secondary N) is 1. The third-order valence-corrected chi connectivity index (χ3v) is 3.12. The Balaban J connectivity index is 2.44. The molecule has 0 atom stereocenters. The molecule has 0 aliphatic rings. The van der Waals surface area contributed by atoms with Gasteiger partial charge in [0.1, 0.15) is 5.82 Å². The third-order valence-electron chi connectivity index (χ3n) is 2.43. The largest absolute Gasteiger partial charge is 0.352 e. The summed E-state index contributed by atoms with van der Waals surface area (Å²) in [4.78, 5) is 11.7. The standard InChI is InChI=1S/C13H18FNOS/c1-10-5-6-12(14)11(9-10)13(16)15-7-3-4-8-17-2/h5-6,9H,3-4,7-8H2,1-2H3,(H,15,16). The average molecular weight is 255 g/mol. The Labute approximate surface area is 106 Å². The number of hydrogen-bond donors (Lipinski definition) is 1. The van der Waals surface area contributed by atoms with Crippen molar-refractivity contribution in [2.45, 2.75) is 19.8 Å². The van der Waals surface area contributed by atoms with Crippen LogP contribution < -0.4 is 5.32 Å². The molecule has 0 bridgehead atoms. The van der Waals surface area contributed by atoms with Gasteiger partial charge < -0.3 is 5.32 Å². The van der Waals surface area contributed by atoms with Gasteiger partial charge in [-0.05, 0) is 43.9 Å². The van der Waals surface area contributed by atoms with E-state index >= 15 is 0 Å². The molecule has 1 aromatic carbocycles. The maximum absolute atomic E-state index is 13.4. The monoisotopic (exact) mass is 255 g/mol. The van der Waals surface area contributed by atoms with Crippen LogP contribution in [0, 0.1) is 12.7 Å². The molecule has 2 nitrogen and oxygen atoms in total. The maximum Gasteiger partial charge on any atom is 0.254 e. The van der Waals surface area contributed by atoms with Gasteiger partial charge in [-0.25, -0.2) is 4.39 Å². The molecule has 0 aromatic heterocycles. The molecule has 4 heteroatoms. The first-order chi connectivity index (χ1) is 8.15. The van der Waals surface area contributed by atoms with E-state index in [-0.39, 0.29) is 11.5 Å². The molecule has 17 heavy (non-hydrogen) atoms. The van der Waals surface area contributed by atoms with Crippen LogP contribution in [0.25, 0.3) is 0 Å². The summed E-state index contributed by atoms with van der Waals surface area (Å²) in [5.41, 5.74) is 1.02. The summed E-state index contributed by atoms with van der Waals surface area (Å²) in [6, 6.07) is 4.56. The lowest BCUT2D eigenvalue weighted by atomic mass is 10.1. The number of rotatable bonds is 6. The zero-order chi connectivity index (χ0) is 12.7. The van der Waals surface area contributed by atoms with Crippen molar-refractivity contribution < 1.29 is 9.18 Å². The van der Waals surface area contributed by atoms with E-state index in [1.165, 1.54) is 6.07 Å². The van der Waals surface area contributed by atoms with Crippen LogP contribution in [0.1, 0.15) is 28.8 Å². The summed E-state index contributed by atoms with van der Waals surface area (Å²) in [6.07, 6.45) is 4.05. The van der Waals surface area contributed by atoms with Gasteiger partial charge in [-0.3, -0.25) is 4.79 Å². The van der Waals surface area contributed by atoms with Crippen LogP contribution in [-0.2, 0) is 0 Å². The van der Waals surface area contributed by atoms with Crippen molar-refractivity contribution in [3.63, 3.8) is 0 Å². The lowest BCUT2D eigenvalue weighted by Gasteiger charge is -2.06. The van der Waals surface area contributed by atoms with E-state index in [2.05, 4.69) is 11.6 Å². The van der Waals surface area contributed by atoms with Crippen molar-refractivity contribution in [2.24, 2.45) is 0 Å². The summed E-state index contributed by atoms with van der Waals surface area (Å²) in [5.74, 6) is 0.307. The lowest BCUT2D eigenvalue weighted by molar-refractivity contribution is 0.0949. The molecule has 0 aliphatic heterocycles. The SMILES string of the molecule is CSCCCCNC(=O)c1cc(C)ccc1F. The first-order valence-corrected chi connectivity index (χ1v) is 7.08. The summed E-state index contributed by atoms with van der Waals surface area (Å²) in [5, 5.41) is 2.74. The molecule has 0 heterocycles. The van der Waals surface area contributed by atoms with Crippen LogP contribution in [0.4, 0.5) is 4.39 Å². The molecule has 0 saturated carbocycles. The van der Waals surface area contributed by atoms with Crippen LogP contribution in [0.3, 0.4) is 0 Å². The van der Waals surface area contributed by atoms with Crippen LogP contribution in [0.2, 0.25) is 0 Å². The van der Waals surface area contributed by atoms with Gasteiger partial charge in [0.05, 0.1) is 5.56 Å². The highest BCUT2D eigenvalue weighted by Gasteiger charge is 2.10. The van der Waals surface area contributed by atoms with Gasteiger partial charge in [-0.1, -0.05) is 11.6 Å². The molecular weight excluding hydrogens is 237 g/mol. The molecule has 1 rings (SSSR count). The Bertz CT molecular complexity index is 382. The molecular formula is C13H18FNOS. The number of benzene rings is 1. The molecule has 0 fully saturated rings. The first-order valence-electron chi connectivity index (χ1n) is 5.68. The minimum absolute atomic E-state index is 0.134. The Morgan fingerprint density at radius 1 is 1.41 bits per heavy atom.